The Hall–Kier alpha value is -3.03. The van der Waals surface area contributed by atoms with Gasteiger partial charge in [-0.05, 0) is 29.8 Å². The van der Waals surface area contributed by atoms with E-state index in [1.54, 1.807) is 30.1 Å². The van der Waals surface area contributed by atoms with Crippen LogP contribution in [0.5, 0.6) is 5.75 Å². The van der Waals surface area contributed by atoms with Gasteiger partial charge in [0.05, 0.1) is 38.6 Å². The largest absolute Gasteiger partial charge is 0.497 e. The Bertz CT molecular complexity index is 987. The fraction of sp³-hybridized carbons (Fsp3) is 0.286. The van der Waals surface area contributed by atoms with Gasteiger partial charge in [-0.2, -0.15) is 0 Å². The van der Waals surface area contributed by atoms with Gasteiger partial charge in [-0.1, -0.05) is 12.1 Å². The molecule has 3 heterocycles. The smallest absolute Gasteiger partial charge is 0.254 e. The monoisotopic (exact) mass is 378 g/mol. The molecule has 1 aliphatic rings. The minimum atomic E-state index is -0.181. The van der Waals surface area contributed by atoms with Gasteiger partial charge in [0.2, 0.25) is 0 Å². The van der Waals surface area contributed by atoms with Gasteiger partial charge in [0, 0.05) is 30.6 Å². The van der Waals surface area contributed by atoms with Crippen molar-refractivity contribution in [2.45, 2.75) is 19.1 Å². The van der Waals surface area contributed by atoms with Crippen LogP contribution in [0.25, 0.3) is 11.3 Å². The van der Waals surface area contributed by atoms with E-state index in [1.165, 1.54) is 0 Å². The number of fused-ring (bicyclic) bond motifs is 1. The van der Waals surface area contributed by atoms with E-state index in [9.17, 15) is 4.79 Å². The molecule has 1 unspecified atom stereocenters. The molecule has 7 nitrogen and oxygen atoms in total. The first-order valence-corrected chi connectivity index (χ1v) is 9.21. The lowest BCUT2D eigenvalue weighted by Gasteiger charge is -2.19. The van der Waals surface area contributed by atoms with Crippen LogP contribution < -0.4 is 15.6 Å². The first-order chi connectivity index (χ1) is 13.7. The molecule has 1 aliphatic heterocycles. The van der Waals surface area contributed by atoms with Crippen molar-refractivity contribution in [1.82, 2.24) is 19.9 Å². The van der Waals surface area contributed by atoms with Crippen LogP contribution in [0.2, 0.25) is 0 Å². The molecular weight excluding hydrogens is 356 g/mol. The van der Waals surface area contributed by atoms with Crippen molar-refractivity contribution in [3.63, 3.8) is 0 Å². The Balaban J connectivity index is 1.62. The van der Waals surface area contributed by atoms with Gasteiger partial charge < -0.3 is 14.8 Å². The van der Waals surface area contributed by atoms with Crippen LogP contribution in [0.4, 0.5) is 0 Å². The standard InChI is InChI=1S/C21H22N4O3/c1-27-17-4-2-15(3-5-17)13-23-19-14-28-11-10-25-20(26)12-18(24-21(19)25)16-6-8-22-9-7-16/h2-9,12,19,23H,10-11,13-14H2,1H3. The minimum absolute atomic E-state index is 0.0708. The van der Waals surface area contributed by atoms with E-state index in [2.05, 4.69) is 10.3 Å². The second kappa shape index (κ2) is 8.33. The highest BCUT2D eigenvalue weighted by molar-refractivity contribution is 5.57. The van der Waals surface area contributed by atoms with Crippen LogP contribution in [-0.4, -0.2) is 34.9 Å². The van der Waals surface area contributed by atoms with Crippen molar-refractivity contribution < 1.29 is 9.47 Å². The van der Waals surface area contributed by atoms with Crippen LogP contribution in [0, 0.1) is 0 Å². The van der Waals surface area contributed by atoms with E-state index < -0.39 is 0 Å². The average molecular weight is 378 g/mol. The highest BCUT2D eigenvalue weighted by Gasteiger charge is 2.22. The molecule has 0 radical (unpaired) electrons. The van der Waals surface area contributed by atoms with E-state index in [0.717, 1.165) is 16.9 Å². The van der Waals surface area contributed by atoms with Gasteiger partial charge in [-0.25, -0.2) is 4.98 Å². The molecule has 0 aliphatic carbocycles. The maximum absolute atomic E-state index is 12.7. The quantitative estimate of drug-likeness (QED) is 0.733. The van der Waals surface area contributed by atoms with Crippen molar-refractivity contribution in [1.29, 1.82) is 0 Å². The summed E-state index contributed by atoms with van der Waals surface area (Å²) in [5.74, 6) is 1.52. The third kappa shape index (κ3) is 3.95. The maximum Gasteiger partial charge on any atom is 0.254 e. The number of pyridine rings is 1. The minimum Gasteiger partial charge on any atom is -0.497 e. The fourth-order valence-electron chi connectivity index (χ4n) is 3.25. The van der Waals surface area contributed by atoms with Crippen molar-refractivity contribution in [2.24, 2.45) is 0 Å². The number of nitrogens with one attached hydrogen (secondary N) is 1. The molecule has 0 saturated carbocycles. The van der Waals surface area contributed by atoms with Crippen LogP contribution in [-0.2, 0) is 17.8 Å². The Morgan fingerprint density at radius 1 is 1.21 bits per heavy atom. The molecule has 0 spiro atoms. The molecule has 3 aromatic rings. The van der Waals surface area contributed by atoms with Crippen molar-refractivity contribution in [2.75, 3.05) is 20.3 Å². The van der Waals surface area contributed by atoms with Crippen LogP contribution in [0.3, 0.4) is 0 Å². The third-order valence-electron chi connectivity index (χ3n) is 4.78. The molecule has 2 aromatic heterocycles. The van der Waals surface area contributed by atoms with Gasteiger partial charge >= 0.3 is 0 Å². The van der Waals surface area contributed by atoms with E-state index in [4.69, 9.17) is 14.5 Å². The zero-order chi connectivity index (χ0) is 19.3. The van der Waals surface area contributed by atoms with Gasteiger partial charge in [0.25, 0.3) is 5.56 Å². The second-order valence-electron chi connectivity index (χ2n) is 6.58. The highest BCUT2D eigenvalue weighted by Crippen LogP contribution is 2.20. The summed E-state index contributed by atoms with van der Waals surface area (Å²) in [6.07, 6.45) is 3.39. The number of hydrogen-bond acceptors (Lipinski definition) is 6. The molecule has 1 aromatic carbocycles. The molecule has 28 heavy (non-hydrogen) atoms. The van der Waals surface area contributed by atoms with Gasteiger partial charge in [0.1, 0.15) is 11.6 Å². The zero-order valence-corrected chi connectivity index (χ0v) is 15.7. The number of aromatic nitrogens is 3. The molecule has 1 atom stereocenters. The Morgan fingerprint density at radius 3 is 2.75 bits per heavy atom. The predicted octanol–water partition coefficient (Wildman–Crippen LogP) is 2.17. The normalized spacial score (nSPS) is 16.2. The number of ether oxygens (including phenoxy) is 2. The number of benzene rings is 1. The summed E-state index contributed by atoms with van der Waals surface area (Å²) in [6, 6.07) is 13.0. The molecule has 1 N–H and O–H groups in total. The van der Waals surface area contributed by atoms with E-state index in [-0.39, 0.29) is 11.6 Å². The average Bonchev–Trinajstić information content (AvgIpc) is 2.96. The SMILES string of the molecule is COc1ccc(CNC2COCCn3c2nc(-c2ccncc2)cc3=O)cc1. The van der Waals surface area contributed by atoms with Gasteiger partial charge in [0.15, 0.2) is 0 Å². The third-order valence-corrected chi connectivity index (χ3v) is 4.78. The molecule has 0 fully saturated rings. The summed E-state index contributed by atoms with van der Waals surface area (Å²) in [5.41, 5.74) is 2.56. The van der Waals surface area contributed by atoms with E-state index in [1.807, 2.05) is 36.4 Å². The van der Waals surface area contributed by atoms with Crippen molar-refractivity contribution in [3.05, 3.63) is 76.6 Å². The molecule has 0 amide bonds. The Morgan fingerprint density at radius 2 is 2.00 bits per heavy atom. The lowest BCUT2D eigenvalue weighted by atomic mass is 10.1. The Kier molecular flexibility index (Phi) is 5.45. The number of nitrogens with zero attached hydrogens (tertiary/aromatic N) is 3. The lowest BCUT2D eigenvalue weighted by molar-refractivity contribution is 0.117. The molecule has 4 rings (SSSR count). The predicted molar refractivity (Wildman–Crippen MR) is 105 cm³/mol. The molecule has 144 valence electrons. The fourth-order valence-corrected chi connectivity index (χ4v) is 3.25. The topological polar surface area (TPSA) is 78.3 Å². The zero-order valence-electron chi connectivity index (χ0n) is 15.7. The number of hydrogen-bond donors (Lipinski definition) is 1. The van der Waals surface area contributed by atoms with E-state index in [0.29, 0.717) is 37.8 Å². The highest BCUT2D eigenvalue weighted by atomic mass is 16.5. The first kappa shape index (κ1) is 18.3. The summed E-state index contributed by atoms with van der Waals surface area (Å²) in [5, 5.41) is 3.48. The maximum atomic E-state index is 12.7. The second-order valence-corrected chi connectivity index (χ2v) is 6.58. The summed E-state index contributed by atoms with van der Waals surface area (Å²) in [6.45, 7) is 2.08. The molecule has 0 bridgehead atoms. The summed E-state index contributed by atoms with van der Waals surface area (Å²) in [7, 11) is 1.65. The van der Waals surface area contributed by atoms with Crippen LogP contribution >= 0.6 is 0 Å². The van der Waals surface area contributed by atoms with Crippen LogP contribution in [0.1, 0.15) is 17.4 Å². The summed E-state index contributed by atoms with van der Waals surface area (Å²) in [4.78, 5) is 21.5. The Labute approximate surface area is 163 Å². The summed E-state index contributed by atoms with van der Waals surface area (Å²) < 4.78 is 12.6. The number of methoxy groups -OCH3 is 1. The van der Waals surface area contributed by atoms with Gasteiger partial charge in [-0.15, -0.1) is 0 Å². The molecular formula is C21H22N4O3. The van der Waals surface area contributed by atoms with Crippen LogP contribution in [0.15, 0.2) is 59.7 Å². The first-order valence-electron chi connectivity index (χ1n) is 9.21. The number of rotatable bonds is 5. The lowest BCUT2D eigenvalue weighted by Crippen LogP contribution is -2.32. The van der Waals surface area contributed by atoms with E-state index >= 15 is 0 Å². The molecule has 0 saturated heterocycles. The van der Waals surface area contributed by atoms with Gasteiger partial charge in [-0.3, -0.25) is 14.3 Å². The van der Waals surface area contributed by atoms with Crippen molar-refractivity contribution >= 4 is 0 Å². The molecule has 7 heteroatoms. The van der Waals surface area contributed by atoms with Crippen molar-refractivity contribution in [3.8, 4) is 17.0 Å². The summed E-state index contributed by atoms with van der Waals surface area (Å²) >= 11 is 0.